The summed E-state index contributed by atoms with van der Waals surface area (Å²) in [6, 6.07) is 1.63. The van der Waals surface area contributed by atoms with Crippen molar-refractivity contribution in [2.75, 3.05) is 18.4 Å². The Balaban J connectivity index is 1.96. The molecule has 1 aliphatic heterocycles. The summed E-state index contributed by atoms with van der Waals surface area (Å²) in [5, 5.41) is 16.7. The van der Waals surface area contributed by atoms with Gasteiger partial charge in [-0.05, 0) is 19.3 Å². The van der Waals surface area contributed by atoms with Crippen LogP contribution in [0.4, 0.5) is 10.6 Å². The zero-order chi connectivity index (χ0) is 13.3. The maximum absolute atomic E-state index is 12.0. The van der Waals surface area contributed by atoms with Crippen molar-refractivity contribution >= 4 is 11.8 Å². The van der Waals surface area contributed by atoms with Crippen LogP contribution in [0.15, 0.2) is 6.07 Å². The van der Waals surface area contributed by atoms with Gasteiger partial charge in [-0.15, -0.1) is 0 Å². The van der Waals surface area contributed by atoms with Crippen molar-refractivity contribution in [2.24, 2.45) is 13.0 Å². The number of hydrogen-bond acceptors (Lipinski definition) is 3. The van der Waals surface area contributed by atoms with Crippen molar-refractivity contribution in [1.29, 1.82) is 0 Å². The Morgan fingerprint density at radius 3 is 2.89 bits per heavy atom. The number of rotatable bonds is 1. The first-order chi connectivity index (χ1) is 8.47. The molecule has 0 spiro atoms. The van der Waals surface area contributed by atoms with E-state index in [0.29, 0.717) is 18.9 Å². The van der Waals surface area contributed by atoms with Crippen LogP contribution in [0.2, 0.25) is 0 Å². The standard InChI is InChI=1S/C12H20N4O2/c1-8-4-5-16(7-10(8)17)12(18)13-11-6-9(2)15(3)14-11/h6,8,10,17H,4-5,7H2,1-3H3,(H,13,14,18). The quantitative estimate of drug-likeness (QED) is 0.782. The summed E-state index contributed by atoms with van der Waals surface area (Å²) < 4.78 is 1.71. The molecule has 6 nitrogen and oxygen atoms in total. The van der Waals surface area contributed by atoms with Crippen LogP contribution in [0, 0.1) is 12.8 Å². The molecule has 1 fully saturated rings. The third-order valence-electron chi connectivity index (χ3n) is 3.55. The van der Waals surface area contributed by atoms with E-state index in [4.69, 9.17) is 0 Å². The van der Waals surface area contributed by atoms with Crippen LogP contribution in [0.1, 0.15) is 19.0 Å². The van der Waals surface area contributed by atoms with E-state index in [1.807, 2.05) is 27.0 Å². The fourth-order valence-corrected chi connectivity index (χ4v) is 2.04. The van der Waals surface area contributed by atoms with Gasteiger partial charge in [-0.1, -0.05) is 6.92 Å². The first kappa shape index (κ1) is 12.9. The Kier molecular flexibility index (Phi) is 3.56. The van der Waals surface area contributed by atoms with Crippen LogP contribution >= 0.6 is 0 Å². The first-order valence-electron chi connectivity index (χ1n) is 6.22. The maximum Gasteiger partial charge on any atom is 0.323 e. The normalized spacial score (nSPS) is 24.1. The number of aliphatic hydroxyl groups is 1. The number of nitrogens with zero attached hydrogens (tertiary/aromatic N) is 3. The highest BCUT2D eigenvalue weighted by Crippen LogP contribution is 2.18. The number of likely N-dealkylation sites (tertiary alicyclic amines) is 1. The predicted octanol–water partition coefficient (Wildman–Crippen LogP) is 0.963. The summed E-state index contributed by atoms with van der Waals surface area (Å²) >= 11 is 0. The van der Waals surface area contributed by atoms with Crippen molar-refractivity contribution in [3.05, 3.63) is 11.8 Å². The molecular formula is C12H20N4O2. The lowest BCUT2D eigenvalue weighted by atomic mass is 9.96. The van der Waals surface area contributed by atoms with Crippen molar-refractivity contribution < 1.29 is 9.90 Å². The smallest absolute Gasteiger partial charge is 0.323 e. The Bertz CT molecular complexity index is 424. The number of piperidine rings is 1. The number of amides is 2. The van der Waals surface area contributed by atoms with Gasteiger partial charge < -0.3 is 10.0 Å². The van der Waals surface area contributed by atoms with Crippen LogP contribution in [0.3, 0.4) is 0 Å². The van der Waals surface area contributed by atoms with Crippen LogP contribution in [-0.4, -0.2) is 45.0 Å². The van der Waals surface area contributed by atoms with Crippen LogP contribution in [0.5, 0.6) is 0 Å². The molecule has 0 bridgehead atoms. The molecule has 2 rings (SSSR count). The molecule has 1 aromatic heterocycles. The number of aromatic nitrogens is 2. The van der Waals surface area contributed by atoms with E-state index in [0.717, 1.165) is 12.1 Å². The predicted molar refractivity (Wildman–Crippen MR) is 68.3 cm³/mol. The molecule has 0 aliphatic carbocycles. The Morgan fingerprint density at radius 1 is 1.61 bits per heavy atom. The van der Waals surface area contributed by atoms with Crippen molar-refractivity contribution in [3.8, 4) is 0 Å². The lowest BCUT2D eigenvalue weighted by Crippen LogP contribution is -2.47. The van der Waals surface area contributed by atoms with Crippen LogP contribution < -0.4 is 5.32 Å². The number of β-amino-alcohol motifs (C(OH)–C–C–N with tert-alkyl or cyclic N) is 1. The zero-order valence-corrected chi connectivity index (χ0v) is 11.1. The van der Waals surface area contributed by atoms with Gasteiger partial charge in [0.25, 0.3) is 0 Å². The maximum atomic E-state index is 12.0. The monoisotopic (exact) mass is 252 g/mol. The topological polar surface area (TPSA) is 70.4 Å². The van der Waals surface area contributed by atoms with E-state index in [-0.39, 0.29) is 11.9 Å². The van der Waals surface area contributed by atoms with E-state index in [1.165, 1.54) is 0 Å². The van der Waals surface area contributed by atoms with Crippen molar-refractivity contribution in [2.45, 2.75) is 26.4 Å². The molecule has 1 aromatic rings. The lowest BCUT2D eigenvalue weighted by Gasteiger charge is -2.33. The Morgan fingerprint density at radius 2 is 2.33 bits per heavy atom. The fourth-order valence-electron chi connectivity index (χ4n) is 2.04. The highest BCUT2D eigenvalue weighted by Gasteiger charge is 2.27. The van der Waals surface area contributed by atoms with E-state index in [1.54, 1.807) is 9.58 Å². The summed E-state index contributed by atoms with van der Waals surface area (Å²) in [5.74, 6) is 0.805. The van der Waals surface area contributed by atoms with Crippen LogP contribution in [0.25, 0.3) is 0 Å². The van der Waals surface area contributed by atoms with Gasteiger partial charge >= 0.3 is 6.03 Å². The largest absolute Gasteiger partial charge is 0.391 e. The van der Waals surface area contributed by atoms with Gasteiger partial charge in [0.2, 0.25) is 0 Å². The summed E-state index contributed by atoms with van der Waals surface area (Å²) in [5.41, 5.74) is 0.984. The molecule has 6 heteroatoms. The van der Waals surface area contributed by atoms with Gasteiger partial charge in [-0.25, -0.2) is 4.79 Å². The second-order valence-electron chi connectivity index (χ2n) is 5.00. The number of carbonyl (C=O) groups excluding carboxylic acids is 1. The average molecular weight is 252 g/mol. The SMILES string of the molecule is Cc1cc(NC(=O)N2CCC(C)C(O)C2)nn1C. The number of hydrogen-bond donors (Lipinski definition) is 2. The van der Waals surface area contributed by atoms with Gasteiger partial charge in [0.05, 0.1) is 6.10 Å². The Hall–Kier alpha value is -1.56. The third-order valence-corrected chi connectivity index (χ3v) is 3.55. The second kappa shape index (κ2) is 4.97. The van der Waals surface area contributed by atoms with Crippen molar-refractivity contribution in [1.82, 2.24) is 14.7 Å². The molecule has 18 heavy (non-hydrogen) atoms. The van der Waals surface area contributed by atoms with E-state index >= 15 is 0 Å². The summed E-state index contributed by atoms with van der Waals surface area (Å²) in [7, 11) is 1.83. The molecular weight excluding hydrogens is 232 g/mol. The van der Waals surface area contributed by atoms with E-state index in [9.17, 15) is 9.90 Å². The molecule has 1 aliphatic rings. The summed E-state index contributed by atoms with van der Waals surface area (Å²) in [6.45, 7) is 4.99. The van der Waals surface area contributed by atoms with Crippen molar-refractivity contribution in [3.63, 3.8) is 0 Å². The number of aliphatic hydroxyl groups excluding tert-OH is 1. The number of carbonyl (C=O) groups is 1. The summed E-state index contributed by atoms with van der Waals surface area (Å²) in [6.07, 6.45) is 0.394. The van der Waals surface area contributed by atoms with Gasteiger partial charge in [0, 0.05) is 31.9 Å². The highest BCUT2D eigenvalue weighted by molar-refractivity contribution is 5.88. The molecule has 2 atom stereocenters. The highest BCUT2D eigenvalue weighted by atomic mass is 16.3. The molecule has 1 saturated heterocycles. The number of aryl methyl sites for hydroxylation is 2. The number of urea groups is 1. The van der Waals surface area contributed by atoms with Crippen LogP contribution in [-0.2, 0) is 7.05 Å². The average Bonchev–Trinajstić information content (AvgIpc) is 2.61. The molecule has 0 aromatic carbocycles. The third kappa shape index (κ3) is 2.64. The number of nitrogens with one attached hydrogen (secondary N) is 1. The lowest BCUT2D eigenvalue weighted by molar-refractivity contribution is 0.0463. The molecule has 2 amide bonds. The first-order valence-corrected chi connectivity index (χ1v) is 6.22. The molecule has 2 unspecified atom stereocenters. The minimum absolute atomic E-state index is 0.195. The molecule has 2 heterocycles. The van der Waals surface area contributed by atoms with Gasteiger partial charge in [0.1, 0.15) is 0 Å². The molecule has 2 N–H and O–H groups in total. The molecule has 0 saturated carbocycles. The fraction of sp³-hybridized carbons (Fsp3) is 0.667. The zero-order valence-electron chi connectivity index (χ0n) is 11.1. The van der Waals surface area contributed by atoms with Gasteiger partial charge in [-0.2, -0.15) is 5.10 Å². The Labute approximate surface area is 107 Å². The molecule has 100 valence electrons. The number of anilines is 1. The summed E-state index contributed by atoms with van der Waals surface area (Å²) in [4.78, 5) is 13.6. The minimum Gasteiger partial charge on any atom is -0.391 e. The molecule has 0 radical (unpaired) electrons. The second-order valence-corrected chi connectivity index (χ2v) is 5.00. The van der Waals surface area contributed by atoms with Gasteiger partial charge in [-0.3, -0.25) is 10.00 Å². The minimum atomic E-state index is -0.435. The van der Waals surface area contributed by atoms with E-state index < -0.39 is 6.10 Å². The van der Waals surface area contributed by atoms with E-state index in [2.05, 4.69) is 10.4 Å². The van der Waals surface area contributed by atoms with Gasteiger partial charge in [0.15, 0.2) is 5.82 Å².